The average molecular weight is 499 g/mol. The predicted molar refractivity (Wildman–Crippen MR) is 142 cm³/mol. The summed E-state index contributed by atoms with van der Waals surface area (Å²) < 4.78 is 11.6. The highest BCUT2D eigenvalue weighted by molar-refractivity contribution is 6.03. The number of ether oxygens (including phenoxy) is 1. The summed E-state index contributed by atoms with van der Waals surface area (Å²) in [6.45, 7) is 3.98. The minimum absolute atomic E-state index is 0.0255. The number of anilines is 2. The zero-order valence-electron chi connectivity index (χ0n) is 20.9. The van der Waals surface area contributed by atoms with Crippen LogP contribution in [0.1, 0.15) is 37.2 Å². The third-order valence-electron chi connectivity index (χ3n) is 7.99. The number of rotatable bonds is 6. The lowest BCUT2D eigenvalue weighted by atomic mass is 9.88. The first-order valence-corrected chi connectivity index (χ1v) is 13.2. The van der Waals surface area contributed by atoms with Crippen molar-refractivity contribution in [1.82, 2.24) is 19.9 Å². The van der Waals surface area contributed by atoms with Crippen LogP contribution in [0.2, 0.25) is 0 Å². The number of carbonyl (C=O) groups is 1. The molecule has 1 amide bonds. The first kappa shape index (κ1) is 22.6. The standard InChI is InChI=1S/C28H30N6O3/c1-29-26-21-12-30-25(33-27(35)17-2-3-17)11-20(21)22(13-31-26)28-32-23-10-18(4-5-24(23)37-28)16-6-8-34(9-7-16)19-14-36-15-19/h4-5,10-13,16-17,19H,2-3,6-9,14-15H2,1H3,(H,29,31)(H,30,33,35). The Bertz CT molecular complexity index is 1480. The van der Waals surface area contributed by atoms with Crippen LogP contribution in [0, 0.1) is 5.92 Å². The maximum Gasteiger partial charge on any atom is 0.229 e. The number of benzene rings is 1. The quantitative estimate of drug-likeness (QED) is 0.403. The minimum atomic E-state index is 0.0255. The summed E-state index contributed by atoms with van der Waals surface area (Å²) >= 11 is 0. The number of nitrogens with one attached hydrogen (secondary N) is 2. The highest BCUT2D eigenvalue weighted by atomic mass is 16.5. The molecule has 0 unspecified atom stereocenters. The molecule has 0 radical (unpaired) electrons. The van der Waals surface area contributed by atoms with E-state index in [0.29, 0.717) is 29.5 Å². The van der Waals surface area contributed by atoms with Crippen LogP contribution in [-0.4, -0.2) is 65.2 Å². The topological polar surface area (TPSA) is 105 Å². The van der Waals surface area contributed by atoms with Gasteiger partial charge >= 0.3 is 0 Å². The van der Waals surface area contributed by atoms with Gasteiger partial charge in [-0.25, -0.2) is 15.0 Å². The van der Waals surface area contributed by atoms with E-state index in [1.165, 1.54) is 5.56 Å². The van der Waals surface area contributed by atoms with Crippen molar-refractivity contribution in [2.75, 3.05) is 44.0 Å². The average Bonchev–Trinajstić information content (AvgIpc) is 3.66. The summed E-state index contributed by atoms with van der Waals surface area (Å²) in [5.41, 5.74) is 3.70. The summed E-state index contributed by atoms with van der Waals surface area (Å²) in [6.07, 6.45) is 7.69. The fourth-order valence-electron chi connectivity index (χ4n) is 5.49. The smallest absolute Gasteiger partial charge is 0.229 e. The Labute approximate surface area is 214 Å². The number of piperidine rings is 1. The third kappa shape index (κ3) is 4.22. The van der Waals surface area contributed by atoms with Gasteiger partial charge in [-0.1, -0.05) is 6.07 Å². The normalized spacial score (nSPS) is 19.3. The van der Waals surface area contributed by atoms with Gasteiger partial charge in [0.25, 0.3) is 0 Å². The molecule has 0 bridgehead atoms. The highest BCUT2D eigenvalue weighted by Crippen LogP contribution is 2.36. The second kappa shape index (κ2) is 9.08. The lowest BCUT2D eigenvalue weighted by Crippen LogP contribution is -2.51. The largest absolute Gasteiger partial charge is 0.436 e. The van der Waals surface area contributed by atoms with Gasteiger partial charge < -0.3 is 19.8 Å². The Morgan fingerprint density at radius 3 is 2.59 bits per heavy atom. The fraction of sp³-hybridized carbons (Fsp3) is 0.429. The molecule has 2 N–H and O–H groups in total. The van der Waals surface area contributed by atoms with Crippen molar-refractivity contribution in [3.8, 4) is 11.5 Å². The monoisotopic (exact) mass is 498 g/mol. The van der Waals surface area contributed by atoms with Crippen molar-refractivity contribution in [1.29, 1.82) is 0 Å². The number of amides is 1. The molecule has 2 aliphatic heterocycles. The van der Waals surface area contributed by atoms with Gasteiger partial charge in [-0.2, -0.15) is 0 Å². The summed E-state index contributed by atoms with van der Waals surface area (Å²) in [7, 11) is 1.83. The van der Waals surface area contributed by atoms with Crippen molar-refractivity contribution >= 4 is 39.4 Å². The molecule has 1 saturated carbocycles. The van der Waals surface area contributed by atoms with Crippen LogP contribution in [0.15, 0.2) is 41.1 Å². The van der Waals surface area contributed by atoms with Crippen LogP contribution in [0.5, 0.6) is 0 Å². The molecular weight excluding hydrogens is 468 g/mol. The van der Waals surface area contributed by atoms with E-state index < -0.39 is 0 Å². The van der Waals surface area contributed by atoms with Crippen molar-refractivity contribution in [2.45, 2.75) is 37.6 Å². The van der Waals surface area contributed by atoms with E-state index in [4.69, 9.17) is 14.1 Å². The number of likely N-dealkylation sites (tertiary alicyclic amines) is 1. The van der Waals surface area contributed by atoms with Crippen molar-refractivity contribution in [3.05, 3.63) is 42.2 Å². The molecule has 3 aromatic heterocycles. The Morgan fingerprint density at radius 2 is 1.86 bits per heavy atom. The third-order valence-corrected chi connectivity index (χ3v) is 7.99. The fourth-order valence-corrected chi connectivity index (χ4v) is 5.49. The van der Waals surface area contributed by atoms with E-state index in [1.807, 2.05) is 19.2 Å². The molecule has 0 atom stereocenters. The lowest BCUT2D eigenvalue weighted by molar-refractivity contribution is -0.117. The van der Waals surface area contributed by atoms with Crippen LogP contribution in [0.25, 0.3) is 33.3 Å². The van der Waals surface area contributed by atoms with Crippen LogP contribution < -0.4 is 10.6 Å². The molecule has 5 heterocycles. The van der Waals surface area contributed by atoms with Gasteiger partial charge in [-0.05, 0) is 68.5 Å². The van der Waals surface area contributed by atoms with Gasteiger partial charge in [0.05, 0.1) is 24.8 Å². The Kier molecular flexibility index (Phi) is 5.55. The van der Waals surface area contributed by atoms with Crippen molar-refractivity contribution in [3.63, 3.8) is 0 Å². The van der Waals surface area contributed by atoms with Gasteiger partial charge in [0.15, 0.2) is 5.58 Å². The molecule has 1 aromatic carbocycles. The summed E-state index contributed by atoms with van der Waals surface area (Å²) in [5.74, 6) is 2.41. The van der Waals surface area contributed by atoms with Crippen molar-refractivity contribution in [2.24, 2.45) is 5.92 Å². The lowest BCUT2D eigenvalue weighted by Gasteiger charge is -2.41. The van der Waals surface area contributed by atoms with Crippen LogP contribution >= 0.6 is 0 Å². The van der Waals surface area contributed by atoms with Gasteiger partial charge in [0.2, 0.25) is 11.8 Å². The molecule has 3 aliphatic rings. The molecule has 9 heteroatoms. The van der Waals surface area contributed by atoms with Crippen LogP contribution in [-0.2, 0) is 9.53 Å². The van der Waals surface area contributed by atoms with Crippen molar-refractivity contribution < 1.29 is 13.9 Å². The second-order valence-corrected chi connectivity index (χ2v) is 10.4. The summed E-state index contributed by atoms with van der Waals surface area (Å²) in [5, 5.41) is 7.79. The van der Waals surface area contributed by atoms with E-state index in [9.17, 15) is 4.79 Å². The van der Waals surface area contributed by atoms with E-state index >= 15 is 0 Å². The van der Waals surface area contributed by atoms with Gasteiger partial charge in [0.1, 0.15) is 17.2 Å². The van der Waals surface area contributed by atoms with E-state index in [0.717, 1.165) is 79.4 Å². The maximum atomic E-state index is 12.3. The molecule has 9 nitrogen and oxygen atoms in total. The number of nitrogens with zero attached hydrogens (tertiary/aromatic N) is 4. The molecular formula is C28H30N6O3. The number of pyridine rings is 2. The number of carbonyl (C=O) groups excluding carboxylic acids is 1. The number of fused-ring (bicyclic) bond motifs is 2. The Morgan fingerprint density at radius 1 is 1.03 bits per heavy atom. The SMILES string of the molecule is CNc1ncc(-c2nc3cc(C4CCN(C5COC5)CC4)ccc3o2)c2cc(NC(=O)C3CC3)ncc12. The molecule has 7 rings (SSSR count). The summed E-state index contributed by atoms with van der Waals surface area (Å²) in [4.78, 5) is 28.8. The first-order chi connectivity index (χ1) is 18.2. The number of hydrogen-bond acceptors (Lipinski definition) is 8. The van der Waals surface area contributed by atoms with Crippen LogP contribution in [0.4, 0.5) is 11.6 Å². The van der Waals surface area contributed by atoms with E-state index in [1.54, 1.807) is 12.4 Å². The minimum Gasteiger partial charge on any atom is -0.436 e. The van der Waals surface area contributed by atoms with E-state index in [-0.39, 0.29) is 11.8 Å². The second-order valence-electron chi connectivity index (χ2n) is 10.4. The van der Waals surface area contributed by atoms with Gasteiger partial charge in [-0.3, -0.25) is 9.69 Å². The molecule has 37 heavy (non-hydrogen) atoms. The molecule has 1 aliphatic carbocycles. The first-order valence-electron chi connectivity index (χ1n) is 13.2. The highest BCUT2D eigenvalue weighted by Gasteiger charge is 2.31. The van der Waals surface area contributed by atoms with E-state index in [2.05, 4.69) is 37.6 Å². The zero-order valence-corrected chi connectivity index (χ0v) is 20.9. The molecule has 2 saturated heterocycles. The Balaban J connectivity index is 1.20. The predicted octanol–water partition coefficient (Wildman–Crippen LogP) is 4.41. The maximum absolute atomic E-state index is 12.3. The molecule has 190 valence electrons. The number of hydrogen-bond donors (Lipinski definition) is 2. The molecule has 3 fully saturated rings. The number of aromatic nitrogens is 3. The molecule has 4 aromatic rings. The summed E-state index contributed by atoms with van der Waals surface area (Å²) in [6, 6.07) is 8.88. The number of oxazole rings is 1. The van der Waals surface area contributed by atoms with Gasteiger partial charge in [-0.15, -0.1) is 0 Å². The molecule has 0 spiro atoms. The van der Waals surface area contributed by atoms with Crippen LogP contribution in [0.3, 0.4) is 0 Å². The Hall–Kier alpha value is -3.56. The van der Waals surface area contributed by atoms with Gasteiger partial charge in [0, 0.05) is 36.1 Å². The zero-order chi connectivity index (χ0) is 24.9.